The van der Waals surface area contributed by atoms with Crippen molar-refractivity contribution in [1.82, 2.24) is 14.2 Å². The third kappa shape index (κ3) is 3.87. The van der Waals surface area contributed by atoms with E-state index < -0.39 is 16.0 Å². The minimum Gasteiger partial charge on any atom is -0.465 e. The van der Waals surface area contributed by atoms with Crippen LogP contribution in [-0.4, -0.2) is 74.0 Å². The minimum atomic E-state index is -3.24. The van der Waals surface area contributed by atoms with Gasteiger partial charge in [-0.2, -0.15) is 0 Å². The third-order valence-electron chi connectivity index (χ3n) is 4.83. The Morgan fingerprint density at radius 2 is 1.80 bits per heavy atom. The summed E-state index contributed by atoms with van der Waals surface area (Å²) in [6.07, 6.45) is 2.35. The van der Waals surface area contributed by atoms with E-state index in [-0.39, 0.29) is 11.9 Å². The predicted molar refractivity (Wildman–Crippen MR) is 93.1 cm³/mol. The largest absolute Gasteiger partial charge is 0.465 e. The van der Waals surface area contributed by atoms with Crippen molar-refractivity contribution in [3.05, 3.63) is 22.5 Å². The number of likely N-dealkylation sites (tertiary alicyclic amines) is 1. The van der Waals surface area contributed by atoms with E-state index in [1.807, 2.05) is 0 Å². The van der Waals surface area contributed by atoms with Crippen molar-refractivity contribution < 1.29 is 22.7 Å². The van der Waals surface area contributed by atoms with Crippen molar-refractivity contribution in [3.8, 4) is 0 Å². The molecule has 9 heteroatoms. The maximum absolute atomic E-state index is 12.8. The number of amides is 1. The quantitative estimate of drug-likeness (QED) is 0.793. The topological polar surface area (TPSA) is 99.8 Å². The molecule has 2 heterocycles. The Morgan fingerprint density at radius 3 is 2.28 bits per heavy atom. The van der Waals surface area contributed by atoms with Crippen molar-refractivity contribution in [3.63, 3.8) is 0 Å². The van der Waals surface area contributed by atoms with E-state index in [2.05, 4.69) is 4.98 Å². The summed E-state index contributed by atoms with van der Waals surface area (Å²) >= 11 is 0. The van der Waals surface area contributed by atoms with Crippen LogP contribution in [0.15, 0.2) is 0 Å². The second-order valence-electron chi connectivity index (χ2n) is 6.42. The molecule has 1 saturated heterocycles. The summed E-state index contributed by atoms with van der Waals surface area (Å²) in [5.41, 5.74) is 1.94. The van der Waals surface area contributed by atoms with E-state index in [1.165, 1.54) is 17.7 Å². The molecule has 140 valence electrons. The molecule has 2 rings (SSSR count). The first kappa shape index (κ1) is 19.5. The molecule has 1 aromatic heterocycles. The number of aromatic amines is 1. The number of piperidine rings is 1. The number of sulfonamides is 1. The van der Waals surface area contributed by atoms with Crippen molar-refractivity contribution in [1.29, 1.82) is 0 Å². The van der Waals surface area contributed by atoms with Crippen LogP contribution in [-0.2, 0) is 14.8 Å². The number of esters is 1. The van der Waals surface area contributed by atoms with Gasteiger partial charge in [0.25, 0.3) is 5.91 Å². The fourth-order valence-corrected chi connectivity index (χ4v) is 3.99. The standard InChI is InChI=1S/C16H25N3O5S/c1-10-13(16(21)24-4)11(2)17-14(10)15(20)19-8-6-12(7-9-19)18(3)25(5,22)23/h12,17H,6-9H2,1-5H3. The van der Waals surface area contributed by atoms with Crippen LogP contribution in [0.5, 0.6) is 0 Å². The van der Waals surface area contributed by atoms with E-state index in [0.29, 0.717) is 48.4 Å². The highest BCUT2D eigenvalue weighted by Gasteiger charge is 2.31. The van der Waals surface area contributed by atoms with Crippen molar-refractivity contribution in [2.45, 2.75) is 32.7 Å². The fourth-order valence-electron chi connectivity index (χ4n) is 3.23. The zero-order valence-corrected chi connectivity index (χ0v) is 16.1. The Hall–Kier alpha value is -1.87. The first-order chi connectivity index (χ1) is 11.6. The maximum Gasteiger partial charge on any atom is 0.339 e. The van der Waals surface area contributed by atoms with Gasteiger partial charge in [0.1, 0.15) is 5.69 Å². The number of H-pyrrole nitrogens is 1. The van der Waals surface area contributed by atoms with Gasteiger partial charge in [-0.3, -0.25) is 4.79 Å². The number of hydrogen-bond donors (Lipinski definition) is 1. The van der Waals surface area contributed by atoms with Gasteiger partial charge in [-0.25, -0.2) is 17.5 Å². The molecule has 0 atom stereocenters. The monoisotopic (exact) mass is 371 g/mol. The first-order valence-corrected chi connectivity index (χ1v) is 9.92. The molecule has 0 unspecified atom stereocenters. The average Bonchev–Trinajstić information content (AvgIpc) is 2.86. The maximum atomic E-state index is 12.8. The highest BCUT2D eigenvalue weighted by atomic mass is 32.2. The zero-order valence-electron chi connectivity index (χ0n) is 15.2. The fraction of sp³-hybridized carbons (Fsp3) is 0.625. The Bertz CT molecular complexity index is 776. The lowest BCUT2D eigenvalue weighted by Crippen LogP contribution is -2.47. The van der Waals surface area contributed by atoms with Crippen LogP contribution < -0.4 is 0 Å². The van der Waals surface area contributed by atoms with E-state index in [4.69, 9.17) is 4.74 Å². The second kappa shape index (κ2) is 7.17. The molecule has 1 fully saturated rings. The minimum absolute atomic E-state index is 0.101. The summed E-state index contributed by atoms with van der Waals surface area (Å²) in [5.74, 6) is -0.657. The van der Waals surface area contributed by atoms with Crippen LogP contribution in [0.25, 0.3) is 0 Å². The highest BCUT2D eigenvalue weighted by Crippen LogP contribution is 2.23. The van der Waals surface area contributed by atoms with Gasteiger partial charge in [-0.15, -0.1) is 0 Å². The number of carbonyl (C=O) groups is 2. The summed E-state index contributed by atoms with van der Waals surface area (Å²) in [4.78, 5) is 29.3. The van der Waals surface area contributed by atoms with Crippen molar-refractivity contribution in [2.75, 3.05) is 33.5 Å². The zero-order chi connectivity index (χ0) is 18.9. The van der Waals surface area contributed by atoms with E-state index >= 15 is 0 Å². The molecule has 1 aromatic rings. The third-order valence-corrected chi connectivity index (χ3v) is 6.17. The van der Waals surface area contributed by atoms with Crippen LogP contribution in [0.4, 0.5) is 0 Å². The number of carbonyl (C=O) groups excluding carboxylic acids is 2. The number of nitrogens with zero attached hydrogens (tertiary/aromatic N) is 2. The van der Waals surface area contributed by atoms with E-state index in [9.17, 15) is 18.0 Å². The van der Waals surface area contributed by atoms with Gasteiger partial charge in [0, 0.05) is 31.9 Å². The average molecular weight is 371 g/mol. The van der Waals surface area contributed by atoms with Gasteiger partial charge in [0.05, 0.1) is 18.9 Å². The summed E-state index contributed by atoms with van der Waals surface area (Å²) in [7, 11) is -0.369. The highest BCUT2D eigenvalue weighted by molar-refractivity contribution is 7.88. The SMILES string of the molecule is COC(=O)c1c(C)[nH]c(C(=O)N2CCC(N(C)S(C)(=O)=O)CC2)c1C. The molecule has 0 radical (unpaired) electrons. The van der Waals surface area contributed by atoms with Gasteiger partial charge < -0.3 is 14.6 Å². The molecular formula is C16H25N3O5S. The normalized spacial score (nSPS) is 16.3. The lowest BCUT2D eigenvalue weighted by molar-refractivity contribution is 0.0599. The molecular weight excluding hydrogens is 346 g/mol. The summed E-state index contributed by atoms with van der Waals surface area (Å²) < 4.78 is 29.4. The Labute approximate surface area is 148 Å². The van der Waals surface area contributed by atoms with Crippen LogP contribution >= 0.6 is 0 Å². The molecule has 1 aliphatic heterocycles. The van der Waals surface area contributed by atoms with E-state index in [0.717, 1.165) is 0 Å². The molecule has 0 bridgehead atoms. The van der Waals surface area contributed by atoms with E-state index in [1.54, 1.807) is 25.8 Å². The smallest absolute Gasteiger partial charge is 0.339 e. The van der Waals surface area contributed by atoms with Crippen LogP contribution in [0, 0.1) is 13.8 Å². The van der Waals surface area contributed by atoms with Gasteiger partial charge in [-0.05, 0) is 32.3 Å². The number of aromatic nitrogens is 1. The second-order valence-corrected chi connectivity index (χ2v) is 8.46. The Morgan fingerprint density at radius 1 is 1.24 bits per heavy atom. The molecule has 0 aromatic carbocycles. The van der Waals surface area contributed by atoms with Gasteiger partial charge in [-0.1, -0.05) is 0 Å². The number of rotatable bonds is 4. The summed E-state index contributed by atoms with van der Waals surface area (Å²) in [6.45, 7) is 4.37. The molecule has 1 N–H and O–H groups in total. The molecule has 25 heavy (non-hydrogen) atoms. The van der Waals surface area contributed by atoms with Crippen LogP contribution in [0.2, 0.25) is 0 Å². The number of methoxy groups -OCH3 is 1. The first-order valence-electron chi connectivity index (χ1n) is 8.07. The Kier molecular flexibility index (Phi) is 5.58. The summed E-state index contributed by atoms with van der Waals surface area (Å²) in [5, 5.41) is 0. The van der Waals surface area contributed by atoms with Gasteiger partial charge >= 0.3 is 5.97 Å². The number of hydrogen-bond acceptors (Lipinski definition) is 5. The molecule has 0 spiro atoms. The van der Waals surface area contributed by atoms with Crippen molar-refractivity contribution >= 4 is 21.9 Å². The van der Waals surface area contributed by atoms with Crippen LogP contribution in [0.3, 0.4) is 0 Å². The van der Waals surface area contributed by atoms with Crippen LogP contribution in [0.1, 0.15) is 44.9 Å². The predicted octanol–water partition coefficient (Wildman–Crippen LogP) is 0.914. The molecule has 1 amide bonds. The lowest BCUT2D eigenvalue weighted by atomic mass is 10.0. The van der Waals surface area contributed by atoms with Crippen molar-refractivity contribution in [2.24, 2.45) is 0 Å². The number of ether oxygens (including phenoxy) is 1. The molecule has 8 nitrogen and oxygen atoms in total. The van der Waals surface area contributed by atoms with Gasteiger partial charge in [0.2, 0.25) is 10.0 Å². The lowest BCUT2D eigenvalue weighted by Gasteiger charge is -2.35. The molecule has 0 aliphatic carbocycles. The summed E-state index contributed by atoms with van der Waals surface area (Å²) in [6, 6.07) is -0.101. The Balaban J connectivity index is 2.13. The number of nitrogens with one attached hydrogen (secondary N) is 1. The molecule has 1 aliphatic rings. The molecule has 0 saturated carbocycles. The number of aryl methyl sites for hydroxylation is 1. The van der Waals surface area contributed by atoms with Gasteiger partial charge in [0.15, 0.2) is 0 Å².